The van der Waals surface area contributed by atoms with Crippen molar-refractivity contribution in [3.8, 4) is 0 Å². The van der Waals surface area contributed by atoms with Crippen LogP contribution in [0.2, 0.25) is 0 Å². The smallest absolute Gasteiger partial charge is 0.00879 e. The van der Waals surface area contributed by atoms with E-state index in [1.807, 2.05) is 0 Å². The molecular weight excluding hydrogens is 272 g/mol. The molecule has 0 nitrogen and oxygen atoms in total. The summed E-state index contributed by atoms with van der Waals surface area (Å²) in [6.07, 6.45) is 8.57. The first kappa shape index (κ1) is 15.5. The molecule has 0 aromatic rings. The maximum absolute atomic E-state index is 3.79. The number of halogens is 1. The van der Waals surface area contributed by atoms with Crippen LogP contribution in [0.5, 0.6) is 0 Å². The van der Waals surface area contributed by atoms with Crippen molar-refractivity contribution in [2.45, 2.75) is 73.1 Å². The van der Waals surface area contributed by atoms with Crippen molar-refractivity contribution < 1.29 is 0 Å². The van der Waals surface area contributed by atoms with E-state index in [9.17, 15) is 0 Å². The van der Waals surface area contributed by atoms with Crippen LogP contribution in [-0.2, 0) is 0 Å². The third-order valence-corrected chi connectivity index (χ3v) is 6.00. The first-order chi connectivity index (χ1) is 7.79. The van der Waals surface area contributed by atoms with E-state index in [1.54, 1.807) is 0 Å². The van der Waals surface area contributed by atoms with Crippen molar-refractivity contribution in [3.63, 3.8) is 0 Å². The van der Waals surface area contributed by atoms with Crippen molar-refractivity contribution in [1.29, 1.82) is 0 Å². The molecule has 1 saturated carbocycles. The lowest BCUT2D eigenvalue weighted by molar-refractivity contribution is 0.0933. The summed E-state index contributed by atoms with van der Waals surface area (Å²) in [4.78, 5) is 0. The number of hydrogen-bond donors (Lipinski definition) is 0. The average Bonchev–Trinajstić information content (AvgIpc) is 2.26. The highest BCUT2D eigenvalue weighted by molar-refractivity contribution is 9.09. The van der Waals surface area contributed by atoms with Crippen LogP contribution in [0.15, 0.2) is 0 Å². The van der Waals surface area contributed by atoms with Crippen LogP contribution in [0.25, 0.3) is 0 Å². The van der Waals surface area contributed by atoms with Crippen LogP contribution in [0.4, 0.5) is 0 Å². The largest absolute Gasteiger partial charge is 0.0922 e. The molecule has 1 aliphatic rings. The van der Waals surface area contributed by atoms with Gasteiger partial charge in [-0.3, -0.25) is 0 Å². The summed E-state index contributed by atoms with van der Waals surface area (Å²) in [5, 5.41) is 1.21. The summed E-state index contributed by atoms with van der Waals surface area (Å²) < 4.78 is 0. The van der Waals surface area contributed by atoms with Crippen LogP contribution >= 0.6 is 15.9 Å². The fourth-order valence-corrected chi connectivity index (χ4v) is 3.98. The maximum Gasteiger partial charge on any atom is 0.00879 e. The van der Waals surface area contributed by atoms with Crippen molar-refractivity contribution in [3.05, 3.63) is 0 Å². The molecule has 1 heteroatoms. The second kappa shape index (κ2) is 6.08. The summed E-state index contributed by atoms with van der Waals surface area (Å²) in [5.74, 6) is 1.79. The molecule has 1 fully saturated rings. The number of alkyl halides is 1. The lowest BCUT2D eigenvalue weighted by atomic mass is 9.63. The molecule has 1 rings (SSSR count). The van der Waals surface area contributed by atoms with Gasteiger partial charge in [-0.2, -0.15) is 0 Å². The van der Waals surface area contributed by atoms with Crippen LogP contribution in [-0.4, -0.2) is 5.33 Å². The second-order valence-electron chi connectivity index (χ2n) is 7.71. The Morgan fingerprint density at radius 3 is 2.06 bits per heavy atom. The van der Waals surface area contributed by atoms with E-state index >= 15 is 0 Å². The zero-order chi connectivity index (χ0) is 13.1. The average molecular weight is 303 g/mol. The van der Waals surface area contributed by atoms with Crippen LogP contribution in [0.3, 0.4) is 0 Å². The topological polar surface area (TPSA) is 0 Å². The van der Waals surface area contributed by atoms with E-state index in [1.165, 1.54) is 43.9 Å². The third kappa shape index (κ3) is 4.58. The summed E-state index contributed by atoms with van der Waals surface area (Å²) in [6.45, 7) is 11.9. The van der Waals surface area contributed by atoms with E-state index in [0.29, 0.717) is 10.8 Å². The van der Waals surface area contributed by atoms with Gasteiger partial charge in [0.2, 0.25) is 0 Å². The highest BCUT2D eigenvalue weighted by Gasteiger charge is 2.37. The Hall–Kier alpha value is 0.480. The molecule has 102 valence electrons. The van der Waals surface area contributed by atoms with E-state index in [4.69, 9.17) is 0 Å². The Balaban J connectivity index is 2.51. The molecular formula is C16H31Br. The van der Waals surface area contributed by atoms with E-state index < -0.39 is 0 Å². The van der Waals surface area contributed by atoms with Crippen molar-refractivity contribution in [2.75, 3.05) is 5.33 Å². The first-order valence-electron chi connectivity index (χ1n) is 7.35. The molecule has 0 spiro atoms. The minimum absolute atomic E-state index is 0.510. The first-order valence-corrected chi connectivity index (χ1v) is 8.47. The predicted octanol–water partition coefficient (Wildman–Crippen LogP) is 6.04. The van der Waals surface area contributed by atoms with Gasteiger partial charge in [-0.25, -0.2) is 0 Å². The van der Waals surface area contributed by atoms with E-state index in [0.717, 1.165) is 11.8 Å². The van der Waals surface area contributed by atoms with Gasteiger partial charge in [-0.05, 0) is 54.8 Å². The van der Waals surface area contributed by atoms with Gasteiger partial charge in [0, 0.05) is 5.33 Å². The monoisotopic (exact) mass is 302 g/mol. The summed E-state index contributed by atoms with van der Waals surface area (Å²) >= 11 is 3.79. The zero-order valence-corrected chi connectivity index (χ0v) is 14.1. The van der Waals surface area contributed by atoms with Gasteiger partial charge >= 0.3 is 0 Å². The Bertz CT molecular complexity index is 216. The van der Waals surface area contributed by atoms with Crippen LogP contribution in [0, 0.1) is 22.7 Å². The minimum atomic E-state index is 0.510. The molecule has 17 heavy (non-hydrogen) atoms. The SMILES string of the molecule is CC(C)CCC1(CBr)CCC(C(C)(C)C)CC1. The molecule has 0 atom stereocenters. The normalized spacial score (nSPS) is 30.9. The lowest BCUT2D eigenvalue weighted by Crippen LogP contribution is -2.34. The van der Waals surface area contributed by atoms with Gasteiger partial charge in [-0.1, -0.05) is 57.0 Å². The Morgan fingerprint density at radius 1 is 1.18 bits per heavy atom. The summed E-state index contributed by atoms with van der Waals surface area (Å²) in [6, 6.07) is 0. The fraction of sp³-hybridized carbons (Fsp3) is 1.00. The van der Waals surface area contributed by atoms with Crippen LogP contribution in [0.1, 0.15) is 73.1 Å². The molecule has 0 bridgehead atoms. The minimum Gasteiger partial charge on any atom is -0.0922 e. The standard InChI is InChI=1S/C16H31Br/c1-13(2)6-9-16(12-17)10-7-14(8-11-16)15(3,4)5/h13-14H,6-12H2,1-5H3. The molecule has 0 unspecified atom stereocenters. The third-order valence-electron chi connectivity index (χ3n) is 4.81. The zero-order valence-electron chi connectivity index (χ0n) is 12.5. The Morgan fingerprint density at radius 2 is 1.71 bits per heavy atom. The quantitative estimate of drug-likeness (QED) is 0.555. The van der Waals surface area contributed by atoms with E-state index in [2.05, 4.69) is 50.5 Å². The molecule has 0 aromatic carbocycles. The molecule has 0 amide bonds. The fourth-order valence-electron chi connectivity index (χ4n) is 3.14. The van der Waals surface area contributed by atoms with Gasteiger partial charge in [0.1, 0.15) is 0 Å². The molecule has 0 radical (unpaired) electrons. The van der Waals surface area contributed by atoms with E-state index in [-0.39, 0.29) is 0 Å². The number of rotatable bonds is 4. The lowest BCUT2D eigenvalue weighted by Gasteiger charge is -2.44. The highest BCUT2D eigenvalue weighted by atomic mass is 79.9. The maximum atomic E-state index is 3.79. The number of hydrogen-bond acceptors (Lipinski definition) is 0. The molecule has 1 aliphatic carbocycles. The van der Waals surface area contributed by atoms with Crippen molar-refractivity contribution in [2.24, 2.45) is 22.7 Å². The Labute approximate surface area is 117 Å². The molecule has 0 aliphatic heterocycles. The predicted molar refractivity (Wildman–Crippen MR) is 81.7 cm³/mol. The second-order valence-corrected chi connectivity index (χ2v) is 8.27. The molecule has 0 saturated heterocycles. The molecule has 0 aromatic heterocycles. The molecule has 0 heterocycles. The summed E-state index contributed by atoms with van der Waals surface area (Å²) in [7, 11) is 0. The van der Waals surface area contributed by atoms with Gasteiger partial charge in [0.15, 0.2) is 0 Å². The van der Waals surface area contributed by atoms with Crippen molar-refractivity contribution >= 4 is 15.9 Å². The highest BCUT2D eigenvalue weighted by Crippen LogP contribution is 2.48. The van der Waals surface area contributed by atoms with Crippen molar-refractivity contribution in [1.82, 2.24) is 0 Å². The van der Waals surface area contributed by atoms with Gasteiger partial charge in [-0.15, -0.1) is 0 Å². The Kier molecular flexibility index (Phi) is 5.56. The van der Waals surface area contributed by atoms with Gasteiger partial charge in [0.25, 0.3) is 0 Å². The summed E-state index contributed by atoms with van der Waals surface area (Å²) in [5.41, 5.74) is 1.13. The van der Waals surface area contributed by atoms with Gasteiger partial charge < -0.3 is 0 Å². The van der Waals surface area contributed by atoms with Gasteiger partial charge in [0.05, 0.1) is 0 Å². The molecule has 0 N–H and O–H groups in total. The van der Waals surface area contributed by atoms with Crippen LogP contribution < -0.4 is 0 Å².